The van der Waals surface area contributed by atoms with Gasteiger partial charge in [0.1, 0.15) is 17.3 Å². The Hall–Kier alpha value is -1.39. The molecule has 4 heteroatoms. The first kappa shape index (κ1) is 15.0. The van der Waals surface area contributed by atoms with Crippen molar-refractivity contribution < 1.29 is 9.13 Å². The average molecular weight is 338 g/mol. The minimum atomic E-state index is -0.307. The Balaban J connectivity index is 2.17. The van der Waals surface area contributed by atoms with Crippen molar-refractivity contribution in [1.82, 2.24) is 5.32 Å². The van der Waals surface area contributed by atoms with Gasteiger partial charge in [-0.05, 0) is 43.3 Å². The van der Waals surface area contributed by atoms with E-state index < -0.39 is 0 Å². The maximum absolute atomic E-state index is 13.1. The molecular weight excluding hydrogens is 321 g/mol. The van der Waals surface area contributed by atoms with E-state index in [1.165, 1.54) is 17.7 Å². The van der Waals surface area contributed by atoms with Gasteiger partial charge in [-0.2, -0.15) is 0 Å². The van der Waals surface area contributed by atoms with Crippen LogP contribution in [0.25, 0.3) is 0 Å². The molecule has 106 valence electrons. The van der Waals surface area contributed by atoms with Crippen molar-refractivity contribution in [1.29, 1.82) is 0 Å². The van der Waals surface area contributed by atoms with Crippen LogP contribution >= 0.6 is 15.9 Å². The molecular formula is C16H17BrFNO. The quantitative estimate of drug-likeness (QED) is 0.824. The van der Waals surface area contributed by atoms with Gasteiger partial charge in [0.05, 0.1) is 0 Å². The minimum absolute atomic E-state index is 0.262. The molecule has 1 N–H and O–H groups in total. The predicted molar refractivity (Wildman–Crippen MR) is 82.7 cm³/mol. The lowest BCUT2D eigenvalue weighted by Crippen LogP contribution is -2.17. The molecule has 20 heavy (non-hydrogen) atoms. The largest absolute Gasteiger partial charge is 0.457 e. The Morgan fingerprint density at radius 1 is 1.20 bits per heavy atom. The van der Waals surface area contributed by atoms with E-state index in [2.05, 4.69) is 35.1 Å². The molecule has 0 radical (unpaired) electrons. The first-order chi connectivity index (χ1) is 9.60. The molecule has 0 bridgehead atoms. The molecule has 2 nitrogen and oxygen atoms in total. The Kier molecular flexibility index (Phi) is 5.15. The highest BCUT2D eigenvalue weighted by Gasteiger charge is 2.09. The highest BCUT2D eigenvalue weighted by atomic mass is 79.9. The fourth-order valence-electron chi connectivity index (χ4n) is 2.01. The van der Waals surface area contributed by atoms with E-state index >= 15 is 0 Å². The van der Waals surface area contributed by atoms with Crippen LogP contribution in [0.4, 0.5) is 4.39 Å². The van der Waals surface area contributed by atoms with Gasteiger partial charge in [0.15, 0.2) is 0 Å². The lowest BCUT2D eigenvalue weighted by molar-refractivity contribution is 0.475. The van der Waals surface area contributed by atoms with Gasteiger partial charge in [-0.1, -0.05) is 35.0 Å². The van der Waals surface area contributed by atoms with Crippen LogP contribution < -0.4 is 10.1 Å². The van der Waals surface area contributed by atoms with Crippen LogP contribution in [-0.2, 0) is 0 Å². The van der Waals surface area contributed by atoms with Gasteiger partial charge in [0, 0.05) is 16.6 Å². The highest BCUT2D eigenvalue weighted by Crippen LogP contribution is 2.30. The predicted octanol–water partition coefficient (Wildman–Crippen LogP) is 5.05. The molecule has 0 saturated carbocycles. The Morgan fingerprint density at radius 2 is 1.95 bits per heavy atom. The summed E-state index contributed by atoms with van der Waals surface area (Å²) in [6.45, 7) is 5.09. The van der Waals surface area contributed by atoms with Gasteiger partial charge < -0.3 is 10.1 Å². The first-order valence-corrected chi connectivity index (χ1v) is 7.35. The van der Waals surface area contributed by atoms with Crippen molar-refractivity contribution >= 4 is 15.9 Å². The number of halogens is 2. The van der Waals surface area contributed by atoms with E-state index in [-0.39, 0.29) is 11.9 Å². The molecule has 2 aromatic carbocycles. The molecule has 2 rings (SSSR count). The molecule has 0 heterocycles. The normalized spacial score (nSPS) is 12.2. The van der Waals surface area contributed by atoms with Gasteiger partial charge in [-0.25, -0.2) is 4.39 Å². The third-order valence-electron chi connectivity index (χ3n) is 2.98. The third kappa shape index (κ3) is 3.81. The second kappa shape index (κ2) is 6.86. The van der Waals surface area contributed by atoms with E-state index in [4.69, 9.17) is 4.74 Å². The Morgan fingerprint density at radius 3 is 2.60 bits per heavy atom. The number of hydrogen-bond acceptors (Lipinski definition) is 2. The molecule has 0 aliphatic rings. The molecule has 0 fully saturated rings. The lowest BCUT2D eigenvalue weighted by Gasteiger charge is -2.15. The Bertz CT molecular complexity index is 588. The fraction of sp³-hybridized carbons (Fsp3) is 0.250. The summed E-state index contributed by atoms with van der Waals surface area (Å²) < 4.78 is 19.7. The summed E-state index contributed by atoms with van der Waals surface area (Å²) in [5, 5.41) is 3.36. The summed E-state index contributed by atoms with van der Waals surface area (Å²) in [4.78, 5) is 0. The zero-order chi connectivity index (χ0) is 14.5. The van der Waals surface area contributed by atoms with E-state index in [0.717, 1.165) is 11.0 Å². The molecule has 0 aliphatic heterocycles. The average Bonchev–Trinajstić information content (AvgIpc) is 2.39. The molecule has 0 spiro atoms. The summed E-state index contributed by atoms with van der Waals surface area (Å²) >= 11 is 3.55. The zero-order valence-electron chi connectivity index (χ0n) is 11.5. The van der Waals surface area contributed by atoms with Gasteiger partial charge in [0.25, 0.3) is 0 Å². The van der Waals surface area contributed by atoms with Crippen LogP contribution in [0.2, 0.25) is 0 Å². The number of nitrogens with one attached hydrogen (secondary N) is 1. The zero-order valence-corrected chi connectivity index (χ0v) is 13.1. The highest BCUT2D eigenvalue weighted by molar-refractivity contribution is 9.10. The van der Waals surface area contributed by atoms with Crippen LogP contribution in [0.15, 0.2) is 46.9 Å². The number of rotatable bonds is 5. The van der Waals surface area contributed by atoms with E-state index in [1.807, 2.05) is 18.2 Å². The van der Waals surface area contributed by atoms with Crippen LogP contribution in [0, 0.1) is 5.82 Å². The van der Waals surface area contributed by atoms with E-state index in [1.54, 1.807) is 12.1 Å². The summed E-state index contributed by atoms with van der Waals surface area (Å²) in [6.07, 6.45) is 0. The molecule has 0 aromatic heterocycles. The maximum atomic E-state index is 13.1. The molecule has 0 saturated heterocycles. The molecule has 2 aromatic rings. The van der Waals surface area contributed by atoms with Crippen molar-refractivity contribution in [3.05, 3.63) is 58.3 Å². The summed E-state index contributed by atoms with van der Waals surface area (Å²) in [5.41, 5.74) is 1.17. The van der Waals surface area contributed by atoms with Gasteiger partial charge in [-0.15, -0.1) is 0 Å². The molecule has 1 unspecified atom stereocenters. The molecule has 0 aliphatic carbocycles. The number of benzene rings is 2. The van der Waals surface area contributed by atoms with Crippen LogP contribution in [-0.4, -0.2) is 6.54 Å². The first-order valence-electron chi connectivity index (χ1n) is 6.56. The minimum Gasteiger partial charge on any atom is -0.457 e. The smallest absolute Gasteiger partial charge is 0.130 e. The van der Waals surface area contributed by atoms with Crippen LogP contribution in [0.1, 0.15) is 25.5 Å². The third-order valence-corrected chi connectivity index (χ3v) is 3.67. The topological polar surface area (TPSA) is 21.3 Å². The summed E-state index contributed by atoms with van der Waals surface area (Å²) in [7, 11) is 0. The second-order valence-electron chi connectivity index (χ2n) is 4.52. The van der Waals surface area contributed by atoms with Crippen molar-refractivity contribution in [2.24, 2.45) is 0 Å². The number of ether oxygens (including phenoxy) is 1. The summed E-state index contributed by atoms with van der Waals surface area (Å²) in [5.74, 6) is 0.859. The SMILES string of the molecule is CCNC(C)c1ccc(Oc2cccc(F)c2)cc1Br. The molecule has 0 amide bonds. The van der Waals surface area contributed by atoms with E-state index in [9.17, 15) is 4.39 Å². The van der Waals surface area contributed by atoms with Crippen molar-refractivity contribution in [3.63, 3.8) is 0 Å². The van der Waals surface area contributed by atoms with E-state index in [0.29, 0.717) is 11.5 Å². The second-order valence-corrected chi connectivity index (χ2v) is 5.38. The van der Waals surface area contributed by atoms with Crippen LogP contribution in [0.5, 0.6) is 11.5 Å². The monoisotopic (exact) mass is 337 g/mol. The fourth-order valence-corrected chi connectivity index (χ4v) is 2.71. The van der Waals surface area contributed by atoms with Gasteiger partial charge in [-0.3, -0.25) is 0 Å². The van der Waals surface area contributed by atoms with Crippen molar-refractivity contribution in [2.45, 2.75) is 19.9 Å². The lowest BCUT2D eigenvalue weighted by atomic mass is 10.1. The van der Waals surface area contributed by atoms with Gasteiger partial charge in [0.2, 0.25) is 0 Å². The molecule has 1 atom stereocenters. The van der Waals surface area contributed by atoms with Crippen LogP contribution in [0.3, 0.4) is 0 Å². The number of hydrogen-bond donors (Lipinski definition) is 1. The maximum Gasteiger partial charge on any atom is 0.130 e. The van der Waals surface area contributed by atoms with Crippen molar-refractivity contribution in [3.8, 4) is 11.5 Å². The van der Waals surface area contributed by atoms with Gasteiger partial charge >= 0.3 is 0 Å². The summed E-state index contributed by atoms with van der Waals surface area (Å²) in [6, 6.07) is 12.2. The van der Waals surface area contributed by atoms with Crippen molar-refractivity contribution in [2.75, 3.05) is 6.54 Å². The standard InChI is InChI=1S/C16H17BrFNO/c1-3-19-11(2)15-8-7-14(10-16(15)17)20-13-6-4-5-12(18)9-13/h4-11,19H,3H2,1-2H3. The Labute approximate surface area is 127 Å².